The van der Waals surface area contributed by atoms with Crippen LogP contribution in [0.4, 0.5) is 5.69 Å². The fourth-order valence-corrected chi connectivity index (χ4v) is 1.96. The Hall–Kier alpha value is -2.63. The summed E-state index contributed by atoms with van der Waals surface area (Å²) in [5.41, 5.74) is 2.05. The first-order chi connectivity index (χ1) is 9.97. The van der Waals surface area contributed by atoms with E-state index in [1.54, 1.807) is 38.4 Å². The number of rotatable bonds is 5. The second-order valence-corrected chi connectivity index (χ2v) is 4.93. The van der Waals surface area contributed by atoms with Crippen LogP contribution in [0.3, 0.4) is 0 Å². The van der Waals surface area contributed by atoms with Crippen LogP contribution in [0, 0.1) is 5.92 Å². The van der Waals surface area contributed by atoms with E-state index < -0.39 is 11.9 Å². The molecule has 1 aromatic heterocycles. The van der Waals surface area contributed by atoms with Crippen LogP contribution in [0.2, 0.25) is 0 Å². The number of hydrogen-bond acceptors (Lipinski definition) is 3. The van der Waals surface area contributed by atoms with Gasteiger partial charge >= 0.3 is 5.97 Å². The SMILES string of the molecule is CC(Cc1ccc(NC(=O)c2ccnn2C)cc1)C(=O)O. The number of nitrogens with zero attached hydrogens (tertiary/aromatic N) is 2. The Balaban J connectivity index is 2.01. The minimum Gasteiger partial charge on any atom is -0.481 e. The topological polar surface area (TPSA) is 84.2 Å². The molecule has 2 N–H and O–H groups in total. The molecule has 21 heavy (non-hydrogen) atoms. The van der Waals surface area contributed by atoms with Crippen molar-refractivity contribution >= 4 is 17.6 Å². The van der Waals surface area contributed by atoms with Gasteiger partial charge in [-0.2, -0.15) is 5.10 Å². The van der Waals surface area contributed by atoms with E-state index in [0.29, 0.717) is 17.8 Å². The lowest BCUT2D eigenvalue weighted by Gasteiger charge is -2.08. The van der Waals surface area contributed by atoms with Gasteiger partial charge in [-0.05, 0) is 30.2 Å². The maximum absolute atomic E-state index is 12.0. The van der Waals surface area contributed by atoms with E-state index in [4.69, 9.17) is 5.11 Å². The van der Waals surface area contributed by atoms with Gasteiger partial charge in [0.15, 0.2) is 0 Å². The van der Waals surface area contributed by atoms with Gasteiger partial charge in [0.25, 0.3) is 5.91 Å². The molecule has 2 aromatic rings. The van der Waals surface area contributed by atoms with Crippen molar-refractivity contribution in [2.24, 2.45) is 13.0 Å². The molecule has 0 saturated heterocycles. The van der Waals surface area contributed by atoms with E-state index >= 15 is 0 Å². The second kappa shape index (κ2) is 6.21. The first kappa shape index (κ1) is 14.8. The third kappa shape index (κ3) is 3.68. The molecule has 6 nitrogen and oxygen atoms in total. The Morgan fingerprint density at radius 2 is 1.95 bits per heavy atom. The van der Waals surface area contributed by atoms with Crippen molar-refractivity contribution in [2.45, 2.75) is 13.3 Å². The molecule has 2 rings (SSSR count). The molecule has 0 aliphatic carbocycles. The summed E-state index contributed by atoms with van der Waals surface area (Å²) in [6, 6.07) is 8.80. The highest BCUT2D eigenvalue weighted by molar-refractivity contribution is 6.02. The number of aliphatic carboxylic acids is 1. The molecule has 1 atom stereocenters. The Morgan fingerprint density at radius 3 is 2.48 bits per heavy atom. The molecule has 6 heteroatoms. The zero-order valence-corrected chi connectivity index (χ0v) is 11.9. The number of aryl methyl sites for hydroxylation is 1. The van der Waals surface area contributed by atoms with E-state index in [-0.39, 0.29) is 5.91 Å². The zero-order valence-electron chi connectivity index (χ0n) is 11.9. The van der Waals surface area contributed by atoms with E-state index in [9.17, 15) is 9.59 Å². The summed E-state index contributed by atoms with van der Waals surface area (Å²) in [7, 11) is 1.70. The summed E-state index contributed by atoms with van der Waals surface area (Å²) in [5.74, 6) is -1.48. The van der Waals surface area contributed by atoms with Gasteiger partial charge < -0.3 is 10.4 Å². The summed E-state index contributed by atoms with van der Waals surface area (Å²) in [6.07, 6.45) is 2.02. The van der Waals surface area contributed by atoms with Gasteiger partial charge in [-0.15, -0.1) is 0 Å². The summed E-state index contributed by atoms with van der Waals surface area (Å²) in [5, 5.41) is 15.6. The molecule has 1 aromatic carbocycles. The van der Waals surface area contributed by atoms with Crippen molar-refractivity contribution in [3.63, 3.8) is 0 Å². The van der Waals surface area contributed by atoms with Crippen LogP contribution in [0.1, 0.15) is 23.0 Å². The third-order valence-electron chi connectivity index (χ3n) is 3.23. The Labute approximate surface area is 122 Å². The highest BCUT2D eigenvalue weighted by atomic mass is 16.4. The number of nitrogens with one attached hydrogen (secondary N) is 1. The normalized spacial score (nSPS) is 11.9. The fourth-order valence-electron chi connectivity index (χ4n) is 1.96. The molecule has 0 aliphatic rings. The smallest absolute Gasteiger partial charge is 0.306 e. The number of amides is 1. The van der Waals surface area contributed by atoms with Crippen LogP contribution in [0.5, 0.6) is 0 Å². The van der Waals surface area contributed by atoms with Crippen LogP contribution in [0.25, 0.3) is 0 Å². The maximum atomic E-state index is 12.0. The molecule has 0 saturated carbocycles. The van der Waals surface area contributed by atoms with Crippen LogP contribution in [-0.4, -0.2) is 26.8 Å². The highest BCUT2D eigenvalue weighted by Gasteiger charge is 2.12. The molecule has 0 bridgehead atoms. The Morgan fingerprint density at radius 1 is 1.29 bits per heavy atom. The molecular weight excluding hydrogens is 270 g/mol. The Bertz CT molecular complexity index is 646. The van der Waals surface area contributed by atoms with Crippen LogP contribution >= 0.6 is 0 Å². The first-order valence-electron chi connectivity index (χ1n) is 6.58. The van der Waals surface area contributed by atoms with Crippen molar-refractivity contribution in [3.8, 4) is 0 Å². The largest absolute Gasteiger partial charge is 0.481 e. The lowest BCUT2D eigenvalue weighted by atomic mass is 10.0. The molecule has 0 fully saturated rings. The lowest BCUT2D eigenvalue weighted by Crippen LogP contribution is -2.16. The average Bonchev–Trinajstić information content (AvgIpc) is 2.87. The quantitative estimate of drug-likeness (QED) is 0.880. The molecule has 0 radical (unpaired) electrons. The van der Waals surface area contributed by atoms with Crippen LogP contribution in [-0.2, 0) is 18.3 Å². The van der Waals surface area contributed by atoms with Gasteiger partial charge in [0.05, 0.1) is 5.92 Å². The van der Waals surface area contributed by atoms with Crippen LogP contribution < -0.4 is 5.32 Å². The number of carbonyl (C=O) groups excluding carboxylic acids is 1. The van der Waals surface area contributed by atoms with E-state index in [1.807, 2.05) is 12.1 Å². The van der Waals surface area contributed by atoms with Crippen LogP contribution in [0.15, 0.2) is 36.5 Å². The molecule has 110 valence electrons. The summed E-state index contributed by atoms with van der Waals surface area (Å²) in [4.78, 5) is 22.8. The highest BCUT2D eigenvalue weighted by Crippen LogP contribution is 2.14. The number of aromatic nitrogens is 2. The van der Waals surface area contributed by atoms with Gasteiger partial charge in [0, 0.05) is 18.9 Å². The first-order valence-corrected chi connectivity index (χ1v) is 6.58. The van der Waals surface area contributed by atoms with Crippen molar-refractivity contribution in [3.05, 3.63) is 47.8 Å². The number of carboxylic acid groups (broad SMARTS) is 1. The fraction of sp³-hybridized carbons (Fsp3) is 0.267. The standard InChI is InChI=1S/C15H17N3O3/c1-10(15(20)21)9-11-3-5-12(6-4-11)17-14(19)13-7-8-16-18(13)2/h3-8,10H,9H2,1-2H3,(H,17,19)(H,20,21). The molecule has 1 amide bonds. The number of carbonyl (C=O) groups is 2. The van der Waals surface area contributed by atoms with E-state index in [1.165, 1.54) is 4.68 Å². The minimum atomic E-state index is -0.816. The van der Waals surface area contributed by atoms with Gasteiger partial charge in [0.2, 0.25) is 0 Å². The van der Waals surface area contributed by atoms with Crippen molar-refractivity contribution in [2.75, 3.05) is 5.32 Å². The number of benzene rings is 1. The van der Waals surface area contributed by atoms with E-state index in [0.717, 1.165) is 5.56 Å². The van der Waals surface area contributed by atoms with Gasteiger partial charge in [-0.1, -0.05) is 19.1 Å². The monoisotopic (exact) mass is 287 g/mol. The zero-order chi connectivity index (χ0) is 15.4. The van der Waals surface area contributed by atoms with Crippen molar-refractivity contribution < 1.29 is 14.7 Å². The molecule has 0 aliphatic heterocycles. The maximum Gasteiger partial charge on any atom is 0.306 e. The number of hydrogen-bond donors (Lipinski definition) is 2. The number of carboxylic acids is 1. The van der Waals surface area contributed by atoms with Crippen molar-refractivity contribution in [1.82, 2.24) is 9.78 Å². The third-order valence-corrected chi connectivity index (χ3v) is 3.23. The molecule has 0 spiro atoms. The molecule has 1 unspecified atom stereocenters. The minimum absolute atomic E-state index is 0.235. The Kier molecular flexibility index (Phi) is 4.37. The van der Waals surface area contributed by atoms with Gasteiger partial charge in [-0.3, -0.25) is 14.3 Å². The summed E-state index contributed by atoms with van der Waals surface area (Å²) in [6.45, 7) is 1.67. The van der Waals surface area contributed by atoms with E-state index in [2.05, 4.69) is 10.4 Å². The summed E-state index contributed by atoms with van der Waals surface area (Å²) >= 11 is 0. The van der Waals surface area contributed by atoms with Gasteiger partial charge in [-0.25, -0.2) is 0 Å². The second-order valence-electron chi connectivity index (χ2n) is 4.93. The van der Waals surface area contributed by atoms with Crippen molar-refractivity contribution in [1.29, 1.82) is 0 Å². The predicted octanol–water partition coefficient (Wildman–Crippen LogP) is 1.94. The van der Waals surface area contributed by atoms with Gasteiger partial charge in [0.1, 0.15) is 5.69 Å². The average molecular weight is 287 g/mol. The molecule has 1 heterocycles. The molecular formula is C15H17N3O3. The lowest BCUT2D eigenvalue weighted by molar-refractivity contribution is -0.141. The predicted molar refractivity (Wildman–Crippen MR) is 78.1 cm³/mol. The summed E-state index contributed by atoms with van der Waals surface area (Å²) < 4.78 is 1.50. The number of anilines is 1.